The summed E-state index contributed by atoms with van der Waals surface area (Å²) in [6, 6.07) is 0.161. The number of methoxy groups -OCH3 is 1. The third kappa shape index (κ3) is 4.28. The number of hydrogen-bond donors (Lipinski definition) is 1. The summed E-state index contributed by atoms with van der Waals surface area (Å²) in [5.74, 6) is 0.829. The molecule has 1 amide bonds. The molecule has 100 valence electrons. The van der Waals surface area contributed by atoms with E-state index in [1.165, 1.54) is 0 Å². The number of carbonyl (C=O) groups excluding carboxylic acids is 1. The Kier molecular flexibility index (Phi) is 5.92. The number of likely N-dealkylation sites (tertiary alicyclic amines) is 1. The van der Waals surface area contributed by atoms with E-state index in [2.05, 4.69) is 13.8 Å². The third-order valence-electron chi connectivity index (χ3n) is 3.53. The second-order valence-electron chi connectivity index (χ2n) is 5.29. The summed E-state index contributed by atoms with van der Waals surface area (Å²) < 4.78 is 5.36. The Labute approximate surface area is 104 Å². The normalized spacial score (nSPS) is 25.4. The molecular weight excluding hydrogens is 216 g/mol. The van der Waals surface area contributed by atoms with Gasteiger partial charge in [0.25, 0.3) is 0 Å². The predicted molar refractivity (Wildman–Crippen MR) is 68.7 cm³/mol. The van der Waals surface area contributed by atoms with Gasteiger partial charge in [0.15, 0.2) is 0 Å². The largest absolute Gasteiger partial charge is 0.381 e. The van der Waals surface area contributed by atoms with E-state index in [1.807, 2.05) is 4.90 Å². The number of nitrogens with zero attached hydrogens (tertiary/aromatic N) is 1. The molecule has 1 fully saturated rings. The molecule has 0 saturated carbocycles. The average Bonchev–Trinajstić information content (AvgIpc) is 2.34. The van der Waals surface area contributed by atoms with Crippen molar-refractivity contribution < 1.29 is 9.53 Å². The number of amides is 1. The highest BCUT2D eigenvalue weighted by atomic mass is 16.5. The van der Waals surface area contributed by atoms with Gasteiger partial charge in [-0.1, -0.05) is 13.8 Å². The van der Waals surface area contributed by atoms with Crippen molar-refractivity contribution in [3.8, 4) is 0 Å². The third-order valence-corrected chi connectivity index (χ3v) is 3.53. The minimum Gasteiger partial charge on any atom is -0.381 e. The second kappa shape index (κ2) is 6.97. The number of piperidine rings is 1. The topological polar surface area (TPSA) is 55.6 Å². The Morgan fingerprint density at radius 2 is 2.24 bits per heavy atom. The zero-order valence-corrected chi connectivity index (χ0v) is 11.3. The van der Waals surface area contributed by atoms with Gasteiger partial charge in [0.2, 0.25) is 5.91 Å². The van der Waals surface area contributed by atoms with Gasteiger partial charge in [0.05, 0.1) is 6.10 Å². The molecule has 1 heterocycles. The standard InChI is InChI=1S/C13H26N2O2/c1-10(2)4-5-13(16)15-7-6-12(17-3)8-11(15)9-14/h10-12H,4-9,14H2,1-3H3. The van der Waals surface area contributed by atoms with Crippen molar-refractivity contribution >= 4 is 5.91 Å². The molecular formula is C13H26N2O2. The molecule has 0 aromatic carbocycles. The Balaban J connectivity index is 2.48. The van der Waals surface area contributed by atoms with Crippen molar-refractivity contribution in [3.05, 3.63) is 0 Å². The number of ether oxygens (including phenoxy) is 1. The maximum Gasteiger partial charge on any atom is 0.222 e. The van der Waals surface area contributed by atoms with Crippen LogP contribution < -0.4 is 5.73 Å². The lowest BCUT2D eigenvalue weighted by atomic mass is 9.98. The quantitative estimate of drug-likeness (QED) is 0.792. The first-order valence-electron chi connectivity index (χ1n) is 6.60. The van der Waals surface area contributed by atoms with E-state index in [0.29, 0.717) is 18.9 Å². The molecule has 1 rings (SSSR count). The Morgan fingerprint density at radius 1 is 1.53 bits per heavy atom. The zero-order valence-electron chi connectivity index (χ0n) is 11.3. The highest BCUT2D eigenvalue weighted by Gasteiger charge is 2.30. The van der Waals surface area contributed by atoms with Crippen LogP contribution in [0, 0.1) is 5.92 Å². The molecule has 1 aliphatic rings. The van der Waals surface area contributed by atoms with Crippen LogP contribution in [-0.2, 0) is 9.53 Å². The van der Waals surface area contributed by atoms with Crippen LogP contribution in [0.5, 0.6) is 0 Å². The number of rotatable bonds is 5. The minimum absolute atomic E-state index is 0.161. The molecule has 2 unspecified atom stereocenters. The fourth-order valence-electron chi connectivity index (χ4n) is 2.34. The van der Waals surface area contributed by atoms with Crippen molar-refractivity contribution in [1.82, 2.24) is 4.90 Å². The van der Waals surface area contributed by atoms with Gasteiger partial charge < -0.3 is 15.4 Å². The first-order chi connectivity index (χ1) is 8.08. The molecule has 1 aliphatic heterocycles. The maximum absolute atomic E-state index is 12.1. The van der Waals surface area contributed by atoms with E-state index < -0.39 is 0 Å². The molecule has 0 spiro atoms. The van der Waals surface area contributed by atoms with E-state index in [0.717, 1.165) is 25.8 Å². The van der Waals surface area contributed by atoms with Crippen molar-refractivity contribution in [2.75, 3.05) is 20.2 Å². The SMILES string of the molecule is COC1CCN(C(=O)CCC(C)C)C(CN)C1. The molecule has 2 atom stereocenters. The van der Waals surface area contributed by atoms with Crippen LogP contribution >= 0.6 is 0 Å². The van der Waals surface area contributed by atoms with Gasteiger partial charge in [-0.3, -0.25) is 4.79 Å². The van der Waals surface area contributed by atoms with E-state index in [4.69, 9.17) is 10.5 Å². The van der Waals surface area contributed by atoms with E-state index in [1.54, 1.807) is 7.11 Å². The van der Waals surface area contributed by atoms with Crippen molar-refractivity contribution in [1.29, 1.82) is 0 Å². The van der Waals surface area contributed by atoms with Gasteiger partial charge in [-0.05, 0) is 25.2 Å². The first kappa shape index (κ1) is 14.5. The van der Waals surface area contributed by atoms with Crippen LogP contribution in [0.25, 0.3) is 0 Å². The van der Waals surface area contributed by atoms with Gasteiger partial charge in [-0.15, -0.1) is 0 Å². The monoisotopic (exact) mass is 242 g/mol. The van der Waals surface area contributed by atoms with Gasteiger partial charge in [-0.2, -0.15) is 0 Å². The Morgan fingerprint density at radius 3 is 2.76 bits per heavy atom. The first-order valence-corrected chi connectivity index (χ1v) is 6.60. The molecule has 4 heteroatoms. The number of carbonyl (C=O) groups is 1. The fraction of sp³-hybridized carbons (Fsp3) is 0.923. The average molecular weight is 242 g/mol. The van der Waals surface area contributed by atoms with Gasteiger partial charge in [0.1, 0.15) is 0 Å². The summed E-state index contributed by atoms with van der Waals surface area (Å²) >= 11 is 0. The lowest BCUT2D eigenvalue weighted by molar-refractivity contribution is -0.137. The molecule has 0 bridgehead atoms. The number of nitrogens with two attached hydrogens (primary N) is 1. The highest BCUT2D eigenvalue weighted by molar-refractivity contribution is 5.76. The maximum atomic E-state index is 12.1. The molecule has 4 nitrogen and oxygen atoms in total. The summed E-state index contributed by atoms with van der Waals surface area (Å²) in [5.41, 5.74) is 5.75. The zero-order chi connectivity index (χ0) is 12.8. The van der Waals surface area contributed by atoms with Crippen LogP contribution in [0.1, 0.15) is 39.5 Å². The van der Waals surface area contributed by atoms with Crippen LogP contribution in [0.2, 0.25) is 0 Å². The van der Waals surface area contributed by atoms with Crippen molar-refractivity contribution in [2.24, 2.45) is 11.7 Å². The molecule has 17 heavy (non-hydrogen) atoms. The summed E-state index contributed by atoms with van der Waals surface area (Å²) in [6.45, 7) is 5.61. The minimum atomic E-state index is 0.161. The summed E-state index contributed by atoms with van der Waals surface area (Å²) in [4.78, 5) is 14.1. The summed E-state index contributed by atoms with van der Waals surface area (Å²) in [6.07, 6.45) is 3.67. The highest BCUT2D eigenvalue weighted by Crippen LogP contribution is 2.20. The lowest BCUT2D eigenvalue weighted by Gasteiger charge is -2.38. The smallest absolute Gasteiger partial charge is 0.222 e. The Bertz CT molecular complexity index is 244. The van der Waals surface area contributed by atoms with Crippen molar-refractivity contribution in [3.63, 3.8) is 0 Å². The Hall–Kier alpha value is -0.610. The van der Waals surface area contributed by atoms with Gasteiger partial charge >= 0.3 is 0 Å². The van der Waals surface area contributed by atoms with E-state index in [9.17, 15) is 4.79 Å². The lowest BCUT2D eigenvalue weighted by Crippen LogP contribution is -2.51. The van der Waals surface area contributed by atoms with Crippen molar-refractivity contribution in [2.45, 2.75) is 51.7 Å². The molecule has 2 N–H and O–H groups in total. The van der Waals surface area contributed by atoms with E-state index in [-0.39, 0.29) is 18.1 Å². The van der Waals surface area contributed by atoms with Crippen LogP contribution in [0.4, 0.5) is 0 Å². The van der Waals surface area contributed by atoms with Crippen LogP contribution in [-0.4, -0.2) is 43.2 Å². The molecule has 0 radical (unpaired) electrons. The number of hydrogen-bond acceptors (Lipinski definition) is 3. The molecule has 0 aromatic rings. The fourth-order valence-corrected chi connectivity index (χ4v) is 2.34. The predicted octanol–water partition coefficient (Wildman–Crippen LogP) is 1.39. The summed E-state index contributed by atoms with van der Waals surface area (Å²) in [7, 11) is 1.73. The van der Waals surface area contributed by atoms with Crippen LogP contribution in [0.15, 0.2) is 0 Å². The van der Waals surface area contributed by atoms with E-state index >= 15 is 0 Å². The van der Waals surface area contributed by atoms with Crippen LogP contribution in [0.3, 0.4) is 0 Å². The van der Waals surface area contributed by atoms with Gasteiger partial charge in [-0.25, -0.2) is 0 Å². The van der Waals surface area contributed by atoms with Gasteiger partial charge in [0, 0.05) is 32.7 Å². The molecule has 0 aliphatic carbocycles. The molecule has 1 saturated heterocycles. The summed E-state index contributed by atoms with van der Waals surface area (Å²) in [5, 5.41) is 0. The second-order valence-corrected chi connectivity index (χ2v) is 5.29. The molecule has 0 aromatic heterocycles.